The molecule has 22 heavy (non-hydrogen) atoms. The van der Waals surface area contributed by atoms with E-state index in [1.54, 1.807) is 11.0 Å². The Hall–Kier alpha value is -2.44. The summed E-state index contributed by atoms with van der Waals surface area (Å²) in [6.45, 7) is 0.298. The number of carbonyl (C=O) groups excluding carboxylic acids is 1. The summed E-state index contributed by atoms with van der Waals surface area (Å²) in [5.74, 6) is 0. The molecular weight excluding hydrogens is 282 g/mol. The first-order valence-electron chi connectivity index (χ1n) is 7.51. The van der Waals surface area contributed by atoms with Gasteiger partial charge in [0.1, 0.15) is 12.9 Å². The van der Waals surface area contributed by atoms with E-state index >= 15 is 0 Å². The summed E-state index contributed by atoms with van der Waals surface area (Å²) in [4.78, 5) is 11.8. The number of hydrogen-bond acceptors (Lipinski definition) is 5. The third-order valence-electron chi connectivity index (χ3n) is 3.97. The fraction of sp³-hybridized carbons (Fsp3) is 0.467. The lowest BCUT2D eigenvalue weighted by Crippen LogP contribution is -2.38. The first kappa shape index (κ1) is 14.5. The van der Waals surface area contributed by atoms with Crippen molar-refractivity contribution in [2.24, 2.45) is 0 Å². The molecule has 3 rings (SSSR count). The van der Waals surface area contributed by atoms with Crippen LogP contribution in [0.1, 0.15) is 37.3 Å². The van der Waals surface area contributed by atoms with Crippen LogP contribution < -0.4 is 5.32 Å². The Morgan fingerprint density at radius 3 is 2.68 bits per heavy atom. The Morgan fingerprint density at radius 2 is 2.00 bits per heavy atom. The molecule has 1 saturated carbocycles. The normalized spacial score (nSPS) is 21.3. The van der Waals surface area contributed by atoms with Gasteiger partial charge in [-0.2, -0.15) is 0 Å². The lowest BCUT2D eigenvalue weighted by atomic mass is 9.91. The molecular formula is C15H19N5O2. The molecule has 1 heterocycles. The summed E-state index contributed by atoms with van der Waals surface area (Å²) in [5.41, 5.74) is 0.986. The number of aromatic nitrogens is 4. The highest BCUT2D eigenvalue weighted by atomic mass is 16.5. The van der Waals surface area contributed by atoms with Gasteiger partial charge in [0.25, 0.3) is 0 Å². The molecule has 0 atom stereocenters. The van der Waals surface area contributed by atoms with Crippen molar-refractivity contribution in [3.63, 3.8) is 0 Å². The molecule has 7 nitrogen and oxygen atoms in total. The average Bonchev–Trinajstić information content (AvgIpc) is 3.09. The van der Waals surface area contributed by atoms with Crippen LogP contribution in [0.2, 0.25) is 0 Å². The topological polar surface area (TPSA) is 81.9 Å². The van der Waals surface area contributed by atoms with Crippen molar-refractivity contribution in [3.05, 3.63) is 42.2 Å². The summed E-state index contributed by atoms with van der Waals surface area (Å²) in [5, 5.41) is 14.2. The van der Waals surface area contributed by atoms with Gasteiger partial charge in [-0.05, 0) is 41.7 Å². The van der Waals surface area contributed by atoms with Gasteiger partial charge in [-0.3, -0.25) is 0 Å². The second-order valence-corrected chi connectivity index (χ2v) is 5.50. The van der Waals surface area contributed by atoms with Crippen LogP contribution in [0.25, 0.3) is 0 Å². The minimum atomic E-state index is -0.352. The van der Waals surface area contributed by atoms with Crippen molar-refractivity contribution in [1.82, 2.24) is 25.5 Å². The number of carbonyl (C=O) groups is 1. The quantitative estimate of drug-likeness (QED) is 0.935. The lowest BCUT2D eigenvalue weighted by molar-refractivity contribution is 0.131. The van der Waals surface area contributed by atoms with Gasteiger partial charge in [-0.1, -0.05) is 30.3 Å². The zero-order valence-corrected chi connectivity index (χ0v) is 12.3. The molecule has 1 aliphatic carbocycles. The molecule has 2 aromatic rings. The van der Waals surface area contributed by atoms with E-state index in [1.165, 1.54) is 0 Å². The molecule has 1 amide bonds. The number of tetrazole rings is 1. The fourth-order valence-electron chi connectivity index (χ4n) is 2.75. The van der Waals surface area contributed by atoms with Gasteiger partial charge in [0.15, 0.2) is 0 Å². The maximum absolute atomic E-state index is 11.8. The van der Waals surface area contributed by atoms with Crippen molar-refractivity contribution in [2.75, 3.05) is 0 Å². The monoisotopic (exact) mass is 301 g/mol. The maximum atomic E-state index is 11.8. The number of ether oxygens (including phenoxy) is 1. The molecule has 1 N–H and O–H groups in total. The van der Waals surface area contributed by atoms with Gasteiger partial charge >= 0.3 is 6.09 Å². The lowest BCUT2D eigenvalue weighted by Gasteiger charge is -2.28. The molecule has 0 spiro atoms. The van der Waals surface area contributed by atoms with E-state index in [-0.39, 0.29) is 12.1 Å². The third-order valence-corrected chi connectivity index (χ3v) is 3.97. The van der Waals surface area contributed by atoms with Crippen LogP contribution in [-0.2, 0) is 11.3 Å². The fourth-order valence-corrected chi connectivity index (χ4v) is 2.75. The van der Waals surface area contributed by atoms with Crippen molar-refractivity contribution in [2.45, 2.75) is 44.4 Å². The zero-order valence-electron chi connectivity index (χ0n) is 12.3. The Labute approximate surface area is 128 Å². The molecule has 0 saturated heterocycles. The molecule has 7 heteroatoms. The molecule has 1 aliphatic rings. The highest BCUT2D eigenvalue weighted by Gasteiger charge is 2.24. The summed E-state index contributed by atoms with van der Waals surface area (Å²) < 4.78 is 7.04. The standard InChI is InChI=1S/C15H19N5O2/c21-15(22-10-12-4-2-1-3-5-12)17-13-6-8-14(9-7-13)20-11-16-18-19-20/h1-5,11,13-14H,6-10H2,(H,17,21). The number of hydrogen-bond donors (Lipinski definition) is 1. The number of benzene rings is 1. The van der Waals surface area contributed by atoms with E-state index in [1.807, 2.05) is 30.3 Å². The highest BCUT2D eigenvalue weighted by Crippen LogP contribution is 2.27. The summed E-state index contributed by atoms with van der Waals surface area (Å²) >= 11 is 0. The van der Waals surface area contributed by atoms with Crippen molar-refractivity contribution in [1.29, 1.82) is 0 Å². The minimum absolute atomic E-state index is 0.163. The Bertz CT molecular complexity index is 579. The first-order chi connectivity index (χ1) is 10.8. The van der Waals surface area contributed by atoms with Crippen LogP contribution in [0.5, 0.6) is 0 Å². The number of rotatable bonds is 4. The molecule has 0 unspecified atom stereocenters. The molecule has 0 radical (unpaired) electrons. The van der Waals surface area contributed by atoms with E-state index in [9.17, 15) is 4.79 Å². The van der Waals surface area contributed by atoms with Crippen LogP contribution in [0.3, 0.4) is 0 Å². The Kier molecular flexibility index (Phi) is 4.62. The van der Waals surface area contributed by atoms with Gasteiger partial charge < -0.3 is 10.1 Å². The second kappa shape index (κ2) is 7.02. The van der Waals surface area contributed by atoms with Crippen molar-refractivity contribution < 1.29 is 9.53 Å². The molecule has 1 aromatic heterocycles. The molecule has 1 aromatic carbocycles. The molecule has 1 fully saturated rings. The smallest absolute Gasteiger partial charge is 0.407 e. The third kappa shape index (κ3) is 3.81. The Balaban J connectivity index is 1.40. The van der Waals surface area contributed by atoms with Crippen LogP contribution >= 0.6 is 0 Å². The van der Waals surface area contributed by atoms with Crippen LogP contribution in [-0.4, -0.2) is 32.3 Å². The van der Waals surface area contributed by atoms with Crippen molar-refractivity contribution >= 4 is 6.09 Å². The summed E-state index contributed by atoms with van der Waals surface area (Å²) in [6.07, 6.45) is 5.01. The van der Waals surface area contributed by atoms with Crippen molar-refractivity contribution in [3.8, 4) is 0 Å². The Morgan fingerprint density at radius 1 is 1.23 bits per heavy atom. The molecule has 0 aliphatic heterocycles. The van der Waals surface area contributed by atoms with E-state index in [4.69, 9.17) is 4.74 Å². The number of nitrogens with zero attached hydrogens (tertiary/aromatic N) is 4. The van der Waals surface area contributed by atoms with E-state index < -0.39 is 0 Å². The average molecular weight is 301 g/mol. The number of alkyl carbamates (subject to hydrolysis) is 1. The van der Waals surface area contributed by atoms with Crippen LogP contribution in [0, 0.1) is 0 Å². The number of nitrogens with one attached hydrogen (secondary N) is 1. The van der Waals surface area contributed by atoms with Gasteiger partial charge in [-0.25, -0.2) is 9.48 Å². The zero-order chi connectivity index (χ0) is 15.2. The largest absolute Gasteiger partial charge is 0.445 e. The van der Waals surface area contributed by atoms with Gasteiger partial charge in [0.2, 0.25) is 0 Å². The first-order valence-corrected chi connectivity index (χ1v) is 7.51. The van der Waals surface area contributed by atoms with Gasteiger partial charge in [0.05, 0.1) is 6.04 Å². The predicted molar refractivity (Wildman–Crippen MR) is 78.9 cm³/mol. The summed E-state index contributed by atoms with van der Waals surface area (Å²) in [6, 6.07) is 10.2. The van der Waals surface area contributed by atoms with E-state index in [2.05, 4.69) is 20.8 Å². The molecule has 0 bridgehead atoms. The van der Waals surface area contributed by atoms with Gasteiger partial charge in [0, 0.05) is 6.04 Å². The second-order valence-electron chi connectivity index (χ2n) is 5.50. The highest BCUT2D eigenvalue weighted by molar-refractivity contribution is 5.67. The summed E-state index contributed by atoms with van der Waals surface area (Å²) in [7, 11) is 0. The SMILES string of the molecule is O=C(NC1CCC(n2cnnn2)CC1)OCc1ccccc1. The number of amides is 1. The van der Waals surface area contributed by atoms with Crippen LogP contribution in [0.4, 0.5) is 4.79 Å². The molecule has 116 valence electrons. The minimum Gasteiger partial charge on any atom is -0.445 e. The predicted octanol–water partition coefficient (Wildman–Crippen LogP) is 2.08. The van der Waals surface area contributed by atoms with E-state index in [0.717, 1.165) is 31.2 Å². The van der Waals surface area contributed by atoms with Crippen LogP contribution in [0.15, 0.2) is 36.7 Å². The maximum Gasteiger partial charge on any atom is 0.407 e. The van der Waals surface area contributed by atoms with E-state index in [0.29, 0.717) is 12.6 Å². The van der Waals surface area contributed by atoms with Gasteiger partial charge in [-0.15, -0.1) is 5.10 Å².